The Bertz CT molecular complexity index is 874. The molecule has 0 atom stereocenters. The number of nitrogens with one attached hydrogen (secondary N) is 3. The second kappa shape index (κ2) is 9.73. The summed E-state index contributed by atoms with van der Waals surface area (Å²) in [4.78, 5) is 36.8. The van der Waals surface area contributed by atoms with Crippen LogP contribution in [-0.4, -0.2) is 24.8 Å². The molecule has 1 saturated carbocycles. The number of ether oxygens (including phenoxy) is 1. The van der Waals surface area contributed by atoms with E-state index in [0.29, 0.717) is 22.6 Å². The third-order valence-electron chi connectivity index (χ3n) is 5.03. The lowest BCUT2D eigenvalue weighted by molar-refractivity contribution is -0.120. The van der Waals surface area contributed by atoms with Crippen LogP contribution in [0.25, 0.3) is 0 Å². The number of methoxy groups -OCH3 is 1. The summed E-state index contributed by atoms with van der Waals surface area (Å²) in [7, 11) is 1.47. The van der Waals surface area contributed by atoms with Gasteiger partial charge in [0.1, 0.15) is 5.75 Å². The first-order valence-electron chi connectivity index (χ1n) is 9.73. The van der Waals surface area contributed by atoms with Crippen molar-refractivity contribution in [3.05, 3.63) is 59.7 Å². The van der Waals surface area contributed by atoms with Crippen molar-refractivity contribution in [3.63, 3.8) is 0 Å². The van der Waals surface area contributed by atoms with Crippen LogP contribution in [-0.2, 0) is 4.79 Å². The zero-order chi connectivity index (χ0) is 20.6. The molecule has 2 aromatic carbocycles. The fourth-order valence-electron chi connectivity index (χ4n) is 3.40. The van der Waals surface area contributed by atoms with Gasteiger partial charge >= 0.3 is 0 Å². The predicted octanol–water partition coefficient (Wildman–Crippen LogP) is 3.29. The molecule has 152 valence electrons. The minimum Gasteiger partial charge on any atom is -0.496 e. The monoisotopic (exact) mass is 395 g/mol. The van der Waals surface area contributed by atoms with Gasteiger partial charge < -0.3 is 10.1 Å². The van der Waals surface area contributed by atoms with Crippen molar-refractivity contribution in [3.8, 4) is 5.75 Å². The Labute approximate surface area is 169 Å². The van der Waals surface area contributed by atoms with Crippen molar-refractivity contribution in [2.75, 3.05) is 12.4 Å². The number of benzene rings is 2. The summed E-state index contributed by atoms with van der Waals surface area (Å²) in [5, 5.41) is 2.91. The molecule has 7 nitrogen and oxygen atoms in total. The van der Waals surface area contributed by atoms with Crippen molar-refractivity contribution in [1.82, 2.24) is 10.9 Å². The topological polar surface area (TPSA) is 96.5 Å². The van der Waals surface area contributed by atoms with Gasteiger partial charge in [-0.1, -0.05) is 31.4 Å². The first kappa shape index (κ1) is 20.4. The molecule has 3 amide bonds. The molecule has 7 heteroatoms. The molecule has 1 fully saturated rings. The average molecular weight is 395 g/mol. The van der Waals surface area contributed by atoms with Crippen molar-refractivity contribution in [2.45, 2.75) is 32.1 Å². The molecule has 0 aliphatic heterocycles. The quantitative estimate of drug-likeness (QED) is 0.677. The van der Waals surface area contributed by atoms with E-state index >= 15 is 0 Å². The highest BCUT2D eigenvalue weighted by atomic mass is 16.5. The molecule has 0 saturated heterocycles. The molecule has 3 rings (SSSR count). The summed E-state index contributed by atoms with van der Waals surface area (Å²) in [6, 6.07) is 13.3. The van der Waals surface area contributed by atoms with Crippen LogP contribution in [0.3, 0.4) is 0 Å². The molecule has 0 unspecified atom stereocenters. The van der Waals surface area contributed by atoms with E-state index in [1.807, 2.05) is 0 Å². The molecule has 3 N–H and O–H groups in total. The summed E-state index contributed by atoms with van der Waals surface area (Å²) in [6.45, 7) is 0. The minimum atomic E-state index is -0.479. The maximum atomic E-state index is 12.3. The predicted molar refractivity (Wildman–Crippen MR) is 110 cm³/mol. The standard InChI is InChI=1S/C22H25N3O4/c1-29-19-10-6-5-9-18(19)22(28)25-24-21(27)16-11-13-17(14-12-16)23-20(26)15-7-3-2-4-8-15/h5-6,9-15H,2-4,7-8H2,1H3,(H,23,26)(H,24,27)(H,25,28). The molecule has 0 aromatic heterocycles. The van der Waals surface area contributed by atoms with E-state index in [2.05, 4.69) is 16.2 Å². The Morgan fingerprint density at radius 1 is 0.862 bits per heavy atom. The number of hydrogen-bond acceptors (Lipinski definition) is 4. The third kappa shape index (κ3) is 5.34. The van der Waals surface area contributed by atoms with Crippen LogP contribution >= 0.6 is 0 Å². The molecule has 0 bridgehead atoms. The highest BCUT2D eigenvalue weighted by Gasteiger charge is 2.21. The Kier molecular flexibility index (Phi) is 6.84. The van der Waals surface area contributed by atoms with Gasteiger partial charge in [-0.15, -0.1) is 0 Å². The van der Waals surface area contributed by atoms with Crippen LogP contribution < -0.4 is 20.9 Å². The van der Waals surface area contributed by atoms with Crippen molar-refractivity contribution in [1.29, 1.82) is 0 Å². The van der Waals surface area contributed by atoms with E-state index in [1.54, 1.807) is 48.5 Å². The van der Waals surface area contributed by atoms with Crippen molar-refractivity contribution in [2.24, 2.45) is 5.92 Å². The fourth-order valence-corrected chi connectivity index (χ4v) is 3.40. The third-order valence-corrected chi connectivity index (χ3v) is 5.03. The number of carbonyl (C=O) groups is 3. The normalized spacial score (nSPS) is 14.0. The zero-order valence-corrected chi connectivity index (χ0v) is 16.4. The van der Waals surface area contributed by atoms with Gasteiger partial charge in [-0.25, -0.2) is 0 Å². The Balaban J connectivity index is 1.53. The average Bonchev–Trinajstić information content (AvgIpc) is 2.78. The van der Waals surface area contributed by atoms with Gasteiger partial charge in [-0.05, 0) is 49.2 Å². The Morgan fingerprint density at radius 3 is 2.21 bits per heavy atom. The van der Waals surface area contributed by atoms with E-state index < -0.39 is 11.8 Å². The van der Waals surface area contributed by atoms with Crippen molar-refractivity contribution >= 4 is 23.4 Å². The van der Waals surface area contributed by atoms with Crippen LogP contribution in [0.4, 0.5) is 5.69 Å². The first-order valence-corrected chi connectivity index (χ1v) is 9.73. The zero-order valence-electron chi connectivity index (χ0n) is 16.4. The molecule has 1 aliphatic rings. The summed E-state index contributed by atoms with van der Waals surface area (Å²) >= 11 is 0. The van der Waals surface area contributed by atoms with Gasteiger partial charge in [0.25, 0.3) is 11.8 Å². The lowest BCUT2D eigenvalue weighted by Gasteiger charge is -2.20. The molecule has 0 heterocycles. The van der Waals surface area contributed by atoms with Gasteiger partial charge in [-0.3, -0.25) is 25.2 Å². The smallest absolute Gasteiger partial charge is 0.273 e. The molecule has 29 heavy (non-hydrogen) atoms. The highest BCUT2D eigenvalue weighted by molar-refractivity contribution is 6.00. The van der Waals surface area contributed by atoms with Crippen LogP contribution in [0.15, 0.2) is 48.5 Å². The first-order chi connectivity index (χ1) is 14.1. The maximum absolute atomic E-state index is 12.3. The van der Waals surface area contributed by atoms with Gasteiger partial charge in [0, 0.05) is 17.2 Å². The lowest BCUT2D eigenvalue weighted by Crippen LogP contribution is -2.41. The molecular formula is C22H25N3O4. The van der Waals surface area contributed by atoms with E-state index in [9.17, 15) is 14.4 Å². The minimum absolute atomic E-state index is 0.0333. The number of anilines is 1. The summed E-state index contributed by atoms with van der Waals surface area (Å²) in [6.07, 6.45) is 5.24. The van der Waals surface area contributed by atoms with Crippen LogP contribution in [0, 0.1) is 5.92 Å². The van der Waals surface area contributed by atoms with E-state index in [1.165, 1.54) is 13.5 Å². The summed E-state index contributed by atoms with van der Waals surface area (Å²) in [5.74, 6) is -0.425. The Morgan fingerprint density at radius 2 is 1.52 bits per heavy atom. The summed E-state index contributed by atoms with van der Waals surface area (Å²) < 4.78 is 5.14. The largest absolute Gasteiger partial charge is 0.496 e. The molecule has 0 radical (unpaired) electrons. The van der Waals surface area contributed by atoms with Gasteiger partial charge in [-0.2, -0.15) is 0 Å². The maximum Gasteiger partial charge on any atom is 0.273 e. The van der Waals surface area contributed by atoms with E-state index in [0.717, 1.165) is 25.7 Å². The van der Waals surface area contributed by atoms with Crippen molar-refractivity contribution < 1.29 is 19.1 Å². The van der Waals surface area contributed by atoms with Gasteiger partial charge in [0.15, 0.2) is 0 Å². The van der Waals surface area contributed by atoms with Crippen LogP contribution in [0.5, 0.6) is 5.75 Å². The van der Waals surface area contributed by atoms with Gasteiger partial charge in [0.2, 0.25) is 5.91 Å². The lowest BCUT2D eigenvalue weighted by atomic mass is 9.88. The second-order valence-electron chi connectivity index (χ2n) is 7.01. The van der Waals surface area contributed by atoms with Gasteiger partial charge in [0.05, 0.1) is 12.7 Å². The molecule has 2 aromatic rings. The van der Waals surface area contributed by atoms with Crippen LogP contribution in [0.2, 0.25) is 0 Å². The molecular weight excluding hydrogens is 370 g/mol. The number of carbonyl (C=O) groups excluding carboxylic acids is 3. The SMILES string of the molecule is COc1ccccc1C(=O)NNC(=O)c1ccc(NC(=O)C2CCCCC2)cc1. The second-order valence-corrected chi connectivity index (χ2v) is 7.01. The molecule has 1 aliphatic carbocycles. The number of para-hydroxylation sites is 1. The number of amides is 3. The van der Waals surface area contributed by atoms with Crippen LogP contribution in [0.1, 0.15) is 52.8 Å². The Hall–Kier alpha value is -3.35. The summed E-state index contributed by atoms with van der Waals surface area (Å²) in [5.41, 5.74) is 6.08. The number of hydrogen-bond donors (Lipinski definition) is 3. The highest BCUT2D eigenvalue weighted by Crippen LogP contribution is 2.25. The number of rotatable bonds is 5. The van der Waals surface area contributed by atoms with E-state index in [4.69, 9.17) is 4.74 Å². The number of hydrazine groups is 1. The van der Waals surface area contributed by atoms with E-state index in [-0.39, 0.29) is 11.8 Å². The molecule has 0 spiro atoms. The fraction of sp³-hybridized carbons (Fsp3) is 0.318.